The predicted molar refractivity (Wildman–Crippen MR) is 92.3 cm³/mol. The third-order valence-electron chi connectivity index (χ3n) is 4.34. The topological polar surface area (TPSA) is 79.8 Å². The van der Waals surface area contributed by atoms with Crippen LogP contribution in [0, 0.1) is 12.3 Å². The number of fused-ring (bicyclic) bond motifs is 1. The Morgan fingerprint density at radius 3 is 2.71 bits per heavy atom. The number of carbonyl (C=O) groups is 1. The summed E-state index contributed by atoms with van der Waals surface area (Å²) in [6.45, 7) is 10.5. The van der Waals surface area contributed by atoms with Crippen molar-refractivity contribution in [1.82, 2.24) is 10.9 Å². The second-order valence-corrected chi connectivity index (χ2v) is 7.22. The first-order chi connectivity index (χ1) is 11.3. The van der Waals surface area contributed by atoms with Crippen molar-refractivity contribution in [3.63, 3.8) is 0 Å². The minimum absolute atomic E-state index is 0.0399. The standard InChI is InChI=1S/C18H28N2O4/c1-6-15(18(3,4)5)19-20-17(22)13-7-8-14-16(11(13)2)24-12(9-21)10-23-14/h7-8,12,15,19,21H,6,9-10H2,1-5H3,(H,20,22)/t12-,15?/m1/s1. The van der Waals surface area contributed by atoms with E-state index in [1.807, 2.05) is 6.92 Å². The smallest absolute Gasteiger partial charge is 0.265 e. The maximum Gasteiger partial charge on any atom is 0.265 e. The molecule has 0 bridgehead atoms. The van der Waals surface area contributed by atoms with Crippen LogP contribution in [0.1, 0.15) is 50.0 Å². The van der Waals surface area contributed by atoms with Crippen LogP contribution in [0.15, 0.2) is 12.1 Å². The number of hydrazine groups is 1. The van der Waals surface area contributed by atoms with Crippen molar-refractivity contribution < 1.29 is 19.4 Å². The number of rotatable bonds is 5. The lowest BCUT2D eigenvalue weighted by Crippen LogP contribution is -2.49. The number of hydrogen-bond donors (Lipinski definition) is 3. The van der Waals surface area contributed by atoms with E-state index in [2.05, 4.69) is 38.5 Å². The minimum atomic E-state index is -0.405. The third-order valence-corrected chi connectivity index (χ3v) is 4.34. The van der Waals surface area contributed by atoms with Gasteiger partial charge in [-0.25, -0.2) is 5.43 Å². The van der Waals surface area contributed by atoms with E-state index in [1.165, 1.54) is 0 Å². The molecule has 1 aliphatic heterocycles. The van der Waals surface area contributed by atoms with Crippen molar-refractivity contribution in [2.24, 2.45) is 5.41 Å². The van der Waals surface area contributed by atoms with Crippen molar-refractivity contribution >= 4 is 5.91 Å². The van der Waals surface area contributed by atoms with Gasteiger partial charge in [-0.15, -0.1) is 0 Å². The summed E-state index contributed by atoms with van der Waals surface area (Å²) < 4.78 is 11.3. The van der Waals surface area contributed by atoms with Crippen LogP contribution in [0.5, 0.6) is 11.5 Å². The molecule has 0 aromatic heterocycles. The average molecular weight is 336 g/mol. The summed E-state index contributed by atoms with van der Waals surface area (Å²) in [4.78, 5) is 12.5. The van der Waals surface area contributed by atoms with Gasteiger partial charge in [0.05, 0.1) is 6.61 Å². The van der Waals surface area contributed by atoms with Gasteiger partial charge < -0.3 is 14.6 Å². The highest BCUT2D eigenvalue weighted by Crippen LogP contribution is 2.36. The highest BCUT2D eigenvalue weighted by Gasteiger charge is 2.26. The van der Waals surface area contributed by atoms with Gasteiger partial charge in [-0.2, -0.15) is 0 Å². The van der Waals surface area contributed by atoms with Gasteiger partial charge in [0, 0.05) is 17.2 Å². The molecule has 0 saturated carbocycles. The van der Waals surface area contributed by atoms with Crippen molar-refractivity contribution in [2.45, 2.75) is 53.2 Å². The van der Waals surface area contributed by atoms with Gasteiger partial charge in [-0.05, 0) is 30.9 Å². The molecule has 1 amide bonds. The number of benzene rings is 1. The molecule has 24 heavy (non-hydrogen) atoms. The molecular weight excluding hydrogens is 308 g/mol. The van der Waals surface area contributed by atoms with Gasteiger partial charge in [0.25, 0.3) is 5.91 Å². The molecule has 0 aliphatic carbocycles. The van der Waals surface area contributed by atoms with Crippen LogP contribution in [0.25, 0.3) is 0 Å². The Morgan fingerprint density at radius 2 is 2.12 bits per heavy atom. The van der Waals surface area contributed by atoms with Crippen molar-refractivity contribution in [2.75, 3.05) is 13.2 Å². The fraction of sp³-hybridized carbons (Fsp3) is 0.611. The molecule has 0 saturated heterocycles. The molecule has 1 heterocycles. The molecule has 1 aromatic rings. The normalized spacial score (nSPS) is 18.2. The fourth-order valence-corrected chi connectivity index (χ4v) is 2.80. The van der Waals surface area contributed by atoms with Crippen LogP contribution < -0.4 is 20.3 Å². The number of ether oxygens (including phenoxy) is 2. The number of nitrogens with one attached hydrogen (secondary N) is 2. The van der Waals surface area contributed by atoms with E-state index in [4.69, 9.17) is 9.47 Å². The summed E-state index contributed by atoms with van der Waals surface area (Å²) in [6, 6.07) is 3.62. The summed E-state index contributed by atoms with van der Waals surface area (Å²) in [7, 11) is 0. The van der Waals surface area contributed by atoms with Gasteiger partial charge in [-0.3, -0.25) is 10.2 Å². The van der Waals surface area contributed by atoms with E-state index in [-0.39, 0.29) is 24.0 Å². The van der Waals surface area contributed by atoms with Crippen LogP contribution >= 0.6 is 0 Å². The van der Waals surface area contributed by atoms with E-state index in [9.17, 15) is 9.90 Å². The van der Waals surface area contributed by atoms with Crippen LogP contribution in [-0.4, -0.2) is 36.4 Å². The quantitative estimate of drug-likeness (QED) is 0.718. The highest BCUT2D eigenvalue weighted by atomic mass is 16.6. The Bertz CT molecular complexity index is 595. The molecule has 6 nitrogen and oxygen atoms in total. The molecular formula is C18H28N2O4. The molecule has 0 fully saturated rings. The van der Waals surface area contributed by atoms with Crippen molar-refractivity contribution in [1.29, 1.82) is 0 Å². The zero-order valence-electron chi connectivity index (χ0n) is 15.1. The number of carbonyl (C=O) groups excluding carboxylic acids is 1. The van der Waals surface area contributed by atoms with E-state index in [0.717, 1.165) is 6.42 Å². The first-order valence-corrected chi connectivity index (χ1v) is 8.37. The summed E-state index contributed by atoms with van der Waals surface area (Å²) in [5.41, 5.74) is 7.18. The van der Waals surface area contributed by atoms with Gasteiger partial charge in [0.2, 0.25) is 0 Å². The molecule has 2 atom stereocenters. The monoisotopic (exact) mass is 336 g/mol. The average Bonchev–Trinajstić information content (AvgIpc) is 2.54. The molecule has 0 radical (unpaired) electrons. The summed E-state index contributed by atoms with van der Waals surface area (Å²) in [5, 5.41) is 9.24. The van der Waals surface area contributed by atoms with Gasteiger partial charge in [0.1, 0.15) is 6.61 Å². The molecule has 1 unspecified atom stereocenters. The summed E-state index contributed by atoms with van der Waals surface area (Å²) in [6.07, 6.45) is 0.500. The zero-order chi connectivity index (χ0) is 17.9. The van der Waals surface area contributed by atoms with E-state index in [0.29, 0.717) is 29.2 Å². The predicted octanol–water partition coefficient (Wildman–Crippen LogP) is 2.19. The number of aliphatic hydroxyl groups is 1. The van der Waals surface area contributed by atoms with E-state index in [1.54, 1.807) is 12.1 Å². The minimum Gasteiger partial charge on any atom is -0.486 e. The lowest BCUT2D eigenvalue weighted by molar-refractivity contribution is 0.0448. The van der Waals surface area contributed by atoms with Crippen molar-refractivity contribution in [3.8, 4) is 11.5 Å². The first kappa shape index (κ1) is 18.5. The van der Waals surface area contributed by atoms with Crippen LogP contribution in [0.3, 0.4) is 0 Å². The molecule has 0 spiro atoms. The Kier molecular flexibility index (Phi) is 5.72. The number of amides is 1. The summed E-state index contributed by atoms with van der Waals surface area (Å²) >= 11 is 0. The van der Waals surface area contributed by atoms with Crippen LogP contribution in [0.2, 0.25) is 0 Å². The van der Waals surface area contributed by atoms with Crippen LogP contribution in [-0.2, 0) is 0 Å². The Hall–Kier alpha value is -1.79. The second-order valence-electron chi connectivity index (χ2n) is 7.22. The Balaban J connectivity index is 2.13. The third kappa shape index (κ3) is 3.99. The SMILES string of the molecule is CCC(NNC(=O)c1ccc2c(c1C)O[C@H](CO)CO2)C(C)(C)C. The zero-order valence-corrected chi connectivity index (χ0v) is 15.1. The maximum absolute atomic E-state index is 12.5. The largest absolute Gasteiger partial charge is 0.486 e. The maximum atomic E-state index is 12.5. The molecule has 134 valence electrons. The molecule has 3 N–H and O–H groups in total. The molecule has 6 heteroatoms. The van der Waals surface area contributed by atoms with Gasteiger partial charge in [0.15, 0.2) is 17.6 Å². The molecule has 2 rings (SSSR count). The van der Waals surface area contributed by atoms with E-state index < -0.39 is 6.10 Å². The molecule has 1 aromatic carbocycles. The highest BCUT2D eigenvalue weighted by molar-refractivity contribution is 5.96. The Morgan fingerprint density at radius 1 is 1.42 bits per heavy atom. The molecule has 1 aliphatic rings. The number of aliphatic hydroxyl groups excluding tert-OH is 1. The van der Waals surface area contributed by atoms with E-state index >= 15 is 0 Å². The lowest BCUT2D eigenvalue weighted by atomic mass is 9.86. The Labute approximate surface area is 143 Å². The van der Waals surface area contributed by atoms with Gasteiger partial charge in [-0.1, -0.05) is 27.7 Å². The number of hydrogen-bond acceptors (Lipinski definition) is 5. The summed E-state index contributed by atoms with van der Waals surface area (Å²) in [5.74, 6) is 0.909. The second kappa shape index (κ2) is 7.40. The van der Waals surface area contributed by atoms with Crippen molar-refractivity contribution in [3.05, 3.63) is 23.3 Å². The van der Waals surface area contributed by atoms with Crippen LogP contribution in [0.4, 0.5) is 0 Å². The first-order valence-electron chi connectivity index (χ1n) is 8.37. The fourth-order valence-electron chi connectivity index (χ4n) is 2.80. The lowest BCUT2D eigenvalue weighted by Gasteiger charge is -2.31. The van der Waals surface area contributed by atoms with Gasteiger partial charge >= 0.3 is 0 Å².